The first kappa shape index (κ1) is 21.5. The van der Waals surface area contributed by atoms with Gasteiger partial charge < -0.3 is 9.64 Å². The van der Waals surface area contributed by atoms with E-state index in [9.17, 15) is 27.2 Å². The van der Waals surface area contributed by atoms with Gasteiger partial charge in [0.05, 0.1) is 9.92 Å². The van der Waals surface area contributed by atoms with Crippen molar-refractivity contribution in [3.8, 4) is 0 Å². The van der Waals surface area contributed by atoms with Crippen LogP contribution in [0, 0.1) is 5.82 Å². The van der Waals surface area contributed by atoms with E-state index in [1.807, 2.05) is 0 Å². The smallest absolute Gasteiger partial charge is 0.417 e. The summed E-state index contributed by atoms with van der Waals surface area (Å²) in [6.07, 6.45) is 0.150. The zero-order valence-corrected chi connectivity index (χ0v) is 16.8. The van der Waals surface area contributed by atoms with Gasteiger partial charge >= 0.3 is 6.09 Å². The molecule has 1 aromatic carbocycles. The number of cyclic esters (lactones) is 1. The van der Waals surface area contributed by atoms with E-state index < -0.39 is 21.9 Å². The molecule has 29 heavy (non-hydrogen) atoms. The number of sulfonamides is 1. The first-order valence-corrected chi connectivity index (χ1v) is 10.8. The number of likely N-dealkylation sites (tertiary alicyclic amines) is 1. The molecule has 0 aromatic heterocycles. The highest BCUT2D eigenvalue weighted by atomic mass is 35.5. The van der Waals surface area contributed by atoms with E-state index >= 15 is 0 Å². The maximum atomic E-state index is 13.2. The molecule has 0 spiro atoms. The Morgan fingerprint density at radius 1 is 1.28 bits per heavy atom. The van der Waals surface area contributed by atoms with Crippen LogP contribution in [0.25, 0.3) is 0 Å². The number of carbonyl (C=O) groups is 3. The molecule has 3 rings (SSSR count). The lowest BCUT2D eigenvalue weighted by Gasteiger charge is -2.34. The third-order valence-electron chi connectivity index (χ3n) is 4.80. The Balaban J connectivity index is 1.47. The molecular weight excluding hydrogens is 429 g/mol. The second-order valence-corrected chi connectivity index (χ2v) is 8.83. The highest BCUT2D eigenvalue weighted by Gasteiger charge is 2.38. The maximum Gasteiger partial charge on any atom is 0.417 e. The Labute approximate surface area is 171 Å². The molecule has 0 radical (unpaired) electrons. The Morgan fingerprint density at radius 2 is 1.97 bits per heavy atom. The molecule has 2 aliphatic rings. The highest BCUT2D eigenvalue weighted by Crippen LogP contribution is 2.22. The topological polar surface area (TPSA) is 113 Å². The van der Waals surface area contributed by atoms with E-state index in [0.29, 0.717) is 25.9 Å². The molecule has 0 aliphatic carbocycles. The van der Waals surface area contributed by atoms with Crippen molar-refractivity contribution in [2.24, 2.45) is 0 Å². The summed E-state index contributed by atoms with van der Waals surface area (Å²) in [5.74, 6) is -1.36. The van der Waals surface area contributed by atoms with E-state index in [4.69, 9.17) is 16.3 Å². The molecule has 9 nitrogen and oxygen atoms in total. The number of imide groups is 1. The first-order valence-electron chi connectivity index (χ1n) is 8.90. The minimum atomic E-state index is -3.93. The van der Waals surface area contributed by atoms with Crippen molar-refractivity contribution >= 4 is 39.5 Å². The number of benzene rings is 1. The summed E-state index contributed by atoms with van der Waals surface area (Å²) < 4.78 is 44.6. The third-order valence-corrected chi connectivity index (χ3v) is 6.55. The van der Waals surface area contributed by atoms with E-state index in [0.717, 1.165) is 23.1 Å². The molecule has 0 saturated carbocycles. The van der Waals surface area contributed by atoms with Gasteiger partial charge in [-0.05, 0) is 31.0 Å². The lowest BCUT2D eigenvalue weighted by atomic mass is 10.0. The monoisotopic (exact) mass is 447 g/mol. The number of nitrogens with zero attached hydrogens (tertiary/aromatic N) is 2. The Kier molecular flexibility index (Phi) is 6.39. The van der Waals surface area contributed by atoms with Gasteiger partial charge in [0.15, 0.2) is 6.61 Å². The van der Waals surface area contributed by atoms with Crippen LogP contribution in [0.4, 0.5) is 9.18 Å². The summed E-state index contributed by atoms with van der Waals surface area (Å²) in [6, 6.07) is 2.73. The number of piperidine rings is 1. The van der Waals surface area contributed by atoms with Gasteiger partial charge in [-0.25, -0.2) is 27.2 Å². The molecule has 2 heterocycles. The van der Waals surface area contributed by atoms with E-state index in [1.54, 1.807) is 4.90 Å². The van der Waals surface area contributed by atoms with Gasteiger partial charge in [-0.15, -0.1) is 0 Å². The molecule has 158 valence electrons. The molecule has 2 saturated heterocycles. The van der Waals surface area contributed by atoms with Crippen LogP contribution in [0.3, 0.4) is 0 Å². The zero-order chi connectivity index (χ0) is 21.2. The SMILES string of the molecule is O=C(CCNS(=O)(=O)c1ccc(F)c(Cl)c1)N1CCC(N2C(=O)COC2=O)CC1. The average Bonchev–Trinajstić information content (AvgIpc) is 3.02. The minimum Gasteiger partial charge on any atom is -0.439 e. The molecule has 1 N–H and O–H groups in total. The third kappa shape index (κ3) is 4.85. The Morgan fingerprint density at radius 3 is 2.55 bits per heavy atom. The number of hydrogen-bond donors (Lipinski definition) is 1. The van der Waals surface area contributed by atoms with Crippen molar-refractivity contribution < 1.29 is 31.9 Å². The number of nitrogens with one attached hydrogen (secondary N) is 1. The van der Waals surface area contributed by atoms with Gasteiger partial charge in [0.2, 0.25) is 15.9 Å². The average molecular weight is 448 g/mol. The van der Waals surface area contributed by atoms with Crippen LogP contribution in [0.2, 0.25) is 5.02 Å². The number of hydrogen-bond acceptors (Lipinski definition) is 6. The van der Waals surface area contributed by atoms with Crippen molar-refractivity contribution in [2.75, 3.05) is 26.2 Å². The van der Waals surface area contributed by atoms with Gasteiger partial charge in [0.25, 0.3) is 5.91 Å². The molecule has 2 fully saturated rings. The quantitative estimate of drug-likeness (QED) is 0.699. The fourth-order valence-electron chi connectivity index (χ4n) is 3.27. The molecule has 2 aliphatic heterocycles. The van der Waals surface area contributed by atoms with Crippen LogP contribution >= 0.6 is 11.6 Å². The summed E-state index contributed by atoms with van der Waals surface area (Å²) in [5.41, 5.74) is 0. The molecule has 1 aromatic rings. The summed E-state index contributed by atoms with van der Waals surface area (Å²) in [6.45, 7) is 0.312. The number of amides is 3. The van der Waals surface area contributed by atoms with Gasteiger partial charge in [-0.1, -0.05) is 11.6 Å². The lowest BCUT2D eigenvalue weighted by molar-refractivity contribution is -0.133. The molecule has 12 heteroatoms. The van der Waals surface area contributed by atoms with Gasteiger partial charge in [-0.3, -0.25) is 9.59 Å². The Hall–Kier alpha value is -2.24. The summed E-state index contributed by atoms with van der Waals surface area (Å²) in [4.78, 5) is 38.1. The second kappa shape index (κ2) is 8.64. The maximum absolute atomic E-state index is 13.2. The number of rotatable bonds is 6. The summed E-state index contributed by atoms with van der Waals surface area (Å²) >= 11 is 5.60. The zero-order valence-electron chi connectivity index (χ0n) is 15.3. The molecular formula is C17H19ClFN3O6S. The number of halogens is 2. The molecule has 0 atom stereocenters. The lowest BCUT2D eigenvalue weighted by Crippen LogP contribution is -2.48. The van der Waals surface area contributed by atoms with E-state index in [-0.39, 0.29) is 47.3 Å². The van der Waals surface area contributed by atoms with Crippen LogP contribution < -0.4 is 4.72 Å². The standard InChI is InChI=1S/C17H19ClFN3O6S/c18-13-9-12(1-2-14(13)19)29(26,27)20-6-3-15(23)21-7-4-11(5-8-21)22-16(24)10-28-17(22)25/h1-2,9,11,20H,3-8,10H2. The van der Waals surface area contributed by atoms with Crippen molar-refractivity contribution in [3.05, 3.63) is 29.0 Å². The fourth-order valence-corrected chi connectivity index (χ4v) is 4.57. The van der Waals surface area contributed by atoms with Crippen molar-refractivity contribution in [1.29, 1.82) is 0 Å². The van der Waals surface area contributed by atoms with Crippen molar-refractivity contribution in [1.82, 2.24) is 14.5 Å². The fraction of sp³-hybridized carbons (Fsp3) is 0.471. The summed E-state index contributed by atoms with van der Waals surface area (Å²) in [5, 5.41) is -0.313. The van der Waals surface area contributed by atoms with E-state index in [1.165, 1.54) is 0 Å². The molecule has 3 amide bonds. The summed E-state index contributed by atoms with van der Waals surface area (Å²) in [7, 11) is -3.93. The van der Waals surface area contributed by atoms with Crippen LogP contribution in [0.15, 0.2) is 23.1 Å². The van der Waals surface area contributed by atoms with Crippen molar-refractivity contribution in [2.45, 2.75) is 30.2 Å². The van der Waals surface area contributed by atoms with Gasteiger partial charge in [-0.2, -0.15) is 0 Å². The Bertz CT molecular complexity index is 917. The number of carbonyl (C=O) groups excluding carboxylic acids is 3. The predicted molar refractivity (Wildman–Crippen MR) is 99.0 cm³/mol. The van der Waals surface area contributed by atoms with Crippen molar-refractivity contribution in [3.63, 3.8) is 0 Å². The van der Waals surface area contributed by atoms with Gasteiger partial charge in [0, 0.05) is 32.1 Å². The number of ether oxygens (including phenoxy) is 1. The van der Waals surface area contributed by atoms with Crippen LogP contribution in [0.1, 0.15) is 19.3 Å². The van der Waals surface area contributed by atoms with Crippen LogP contribution in [-0.4, -0.2) is 68.4 Å². The first-order chi connectivity index (χ1) is 13.7. The second-order valence-electron chi connectivity index (χ2n) is 6.65. The molecule has 0 unspecified atom stereocenters. The predicted octanol–water partition coefficient (Wildman–Crippen LogP) is 1.12. The largest absolute Gasteiger partial charge is 0.439 e. The normalized spacial score (nSPS) is 18.3. The van der Waals surface area contributed by atoms with Gasteiger partial charge in [0.1, 0.15) is 5.82 Å². The highest BCUT2D eigenvalue weighted by molar-refractivity contribution is 7.89. The van der Waals surface area contributed by atoms with Crippen LogP contribution in [-0.2, 0) is 24.3 Å². The molecule has 0 bridgehead atoms. The van der Waals surface area contributed by atoms with Crippen LogP contribution in [0.5, 0.6) is 0 Å². The van der Waals surface area contributed by atoms with E-state index in [2.05, 4.69) is 4.72 Å². The minimum absolute atomic E-state index is 0.0660.